The maximum Gasteiger partial charge on any atom is 0.0446 e. The quantitative estimate of drug-likeness (QED) is 0.717. The lowest BCUT2D eigenvalue weighted by Crippen LogP contribution is -2.37. The van der Waals surface area contributed by atoms with Gasteiger partial charge in [0.15, 0.2) is 0 Å². The first-order chi connectivity index (χ1) is 7.72. The Morgan fingerprint density at radius 3 is 2.50 bits per heavy atom. The van der Waals surface area contributed by atoms with Crippen molar-refractivity contribution < 1.29 is 5.11 Å². The van der Waals surface area contributed by atoms with E-state index in [9.17, 15) is 0 Å². The van der Waals surface area contributed by atoms with E-state index in [1.807, 2.05) is 17.8 Å². The van der Waals surface area contributed by atoms with Gasteiger partial charge in [-0.3, -0.25) is 0 Å². The van der Waals surface area contributed by atoms with E-state index in [4.69, 9.17) is 5.11 Å². The lowest BCUT2D eigenvalue weighted by Gasteiger charge is -2.20. The zero-order chi connectivity index (χ0) is 11.8. The molecule has 90 valence electrons. The van der Waals surface area contributed by atoms with Crippen LogP contribution in [0.4, 0.5) is 0 Å². The van der Waals surface area contributed by atoms with E-state index in [-0.39, 0.29) is 6.61 Å². The largest absolute Gasteiger partial charge is 0.396 e. The van der Waals surface area contributed by atoms with Gasteiger partial charge in [-0.25, -0.2) is 0 Å². The van der Waals surface area contributed by atoms with Crippen LogP contribution in [0.3, 0.4) is 0 Å². The van der Waals surface area contributed by atoms with E-state index >= 15 is 0 Å². The molecule has 0 radical (unpaired) electrons. The summed E-state index contributed by atoms with van der Waals surface area (Å²) in [6, 6.07) is 11.2. The van der Waals surface area contributed by atoms with Crippen molar-refractivity contribution in [1.82, 2.24) is 5.32 Å². The van der Waals surface area contributed by atoms with Gasteiger partial charge in [0.05, 0.1) is 0 Å². The van der Waals surface area contributed by atoms with Crippen LogP contribution in [-0.2, 0) is 0 Å². The number of rotatable bonds is 7. The molecule has 0 spiro atoms. The Morgan fingerprint density at radius 2 is 1.94 bits per heavy atom. The summed E-state index contributed by atoms with van der Waals surface area (Å²) >= 11 is 1.84. The first-order valence-electron chi connectivity index (χ1n) is 5.77. The number of hydrogen-bond donors (Lipinski definition) is 2. The van der Waals surface area contributed by atoms with Crippen molar-refractivity contribution in [2.45, 2.75) is 37.2 Å². The Labute approximate surface area is 102 Å². The minimum Gasteiger partial charge on any atom is -0.396 e. The average Bonchev–Trinajstić information content (AvgIpc) is 2.27. The van der Waals surface area contributed by atoms with E-state index in [1.165, 1.54) is 4.90 Å². The highest BCUT2D eigenvalue weighted by Crippen LogP contribution is 2.18. The van der Waals surface area contributed by atoms with E-state index in [0.29, 0.717) is 12.1 Å². The highest BCUT2D eigenvalue weighted by Gasteiger charge is 2.09. The number of nitrogens with one attached hydrogen (secondary N) is 1. The van der Waals surface area contributed by atoms with E-state index in [1.54, 1.807) is 0 Å². The van der Waals surface area contributed by atoms with Crippen LogP contribution < -0.4 is 5.32 Å². The molecule has 2 N–H and O–H groups in total. The maximum atomic E-state index is 9.00. The molecule has 0 saturated heterocycles. The zero-order valence-corrected chi connectivity index (χ0v) is 10.8. The van der Waals surface area contributed by atoms with Crippen molar-refractivity contribution in [3.8, 4) is 0 Å². The minimum absolute atomic E-state index is 0.250. The monoisotopic (exact) mass is 239 g/mol. The fraction of sp³-hybridized carbons (Fsp3) is 0.538. The Hall–Kier alpha value is -0.510. The third-order valence-electron chi connectivity index (χ3n) is 2.24. The molecule has 1 aromatic carbocycles. The standard InChI is InChI=1S/C13H21NOS/c1-11(2)14-12(8-9-15)10-16-13-6-4-3-5-7-13/h3-7,11-12,14-15H,8-10H2,1-2H3/t12-/m1/s1. The lowest BCUT2D eigenvalue weighted by molar-refractivity contribution is 0.266. The normalized spacial score (nSPS) is 13.0. The molecule has 0 fully saturated rings. The molecule has 0 bridgehead atoms. The van der Waals surface area contributed by atoms with Crippen LogP contribution >= 0.6 is 11.8 Å². The van der Waals surface area contributed by atoms with Crippen molar-refractivity contribution in [3.05, 3.63) is 30.3 Å². The second-order valence-corrected chi connectivity index (χ2v) is 5.25. The second kappa shape index (κ2) is 7.71. The maximum absolute atomic E-state index is 9.00. The molecule has 0 aromatic heterocycles. The molecule has 1 atom stereocenters. The van der Waals surface area contributed by atoms with Gasteiger partial charge in [-0.15, -0.1) is 11.8 Å². The molecule has 0 unspecified atom stereocenters. The Morgan fingerprint density at radius 1 is 1.25 bits per heavy atom. The molecule has 0 amide bonds. The van der Waals surface area contributed by atoms with Crippen molar-refractivity contribution in [3.63, 3.8) is 0 Å². The van der Waals surface area contributed by atoms with E-state index < -0.39 is 0 Å². The summed E-state index contributed by atoms with van der Waals surface area (Å²) < 4.78 is 0. The van der Waals surface area contributed by atoms with Crippen LogP contribution in [-0.4, -0.2) is 29.5 Å². The van der Waals surface area contributed by atoms with Crippen LogP contribution in [0.1, 0.15) is 20.3 Å². The smallest absolute Gasteiger partial charge is 0.0446 e. The highest BCUT2D eigenvalue weighted by atomic mass is 32.2. The topological polar surface area (TPSA) is 32.3 Å². The van der Waals surface area contributed by atoms with Gasteiger partial charge in [0.25, 0.3) is 0 Å². The average molecular weight is 239 g/mol. The number of thioether (sulfide) groups is 1. The third-order valence-corrected chi connectivity index (χ3v) is 3.42. The predicted octanol–water partition coefficient (Wildman–Crippen LogP) is 2.53. The molecular weight excluding hydrogens is 218 g/mol. The van der Waals surface area contributed by atoms with Gasteiger partial charge >= 0.3 is 0 Å². The number of benzene rings is 1. The van der Waals surface area contributed by atoms with Gasteiger partial charge in [0.2, 0.25) is 0 Å². The fourth-order valence-corrected chi connectivity index (χ4v) is 2.56. The second-order valence-electron chi connectivity index (χ2n) is 4.15. The summed E-state index contributed by atoms with van der Waals surface area (Å²) in [5, 5.41) is 12.5. The summed E-state index contributed by atoms with van der Waals surface area (Å²) in [4.78, 5) is 1.29. The molecule has 0 aliphatic rings. The van der Waals surface area contributed by atoms with Crippen molar-refractivity contribution >= 4 is 11.8 Å². The summed E-state index contributed by atoms with van der Waals surface area (Å²) in [6.45, 7) is 4.52. The molecule has 0 aliphatic carbocycles. The minimum atomic E-state index is 0.250. The number of aliphatic hydroxyl groups excluding tert-OH is 1. The summed E-state index contributed by atoms with van der Waals surface area (Å²) in [7, 11) is 0. The summed E-state index contributed by atoms with van der Waals surface area (Å²) in [5.74, 6) is 1.00. The summed E-state index contributed by atoms with van der Waals surface area (Å²) in [5.41, 5.74) is 0. The molecule has 16 heavy (non-hydrogen) atoms. The van der Waals surface area contributed by atoms with Gasteiger partial charge in [0.1, 0.15) is 0 Å². The van der Waals surface area contributed by atoms with E-state index in [0.717, 1.165) is 12.2 Å². The Kier molecular flexibility index (Phi) is 6.53. The summed E-state index contributed by atoms with van der Waals surface area (Å²) in [6.07, 6.45) is 0.817. The molecular formula is C13H21NOS. The van der Waals surface area contributed by atoms with Gasteiger partial charge in [-0.1, -0.05) is 32.0 Å². The highest BCUT2D eigenvalue weighted by molar-refractivity contribution is 7.99. The first kappa shape index (κ1) is 13.6. The molecule has 1 aromatic rings. The third kappa shape index (κ3) is 5.54. The predicted molar refractivity (Wildman–Crippen MR) is 70.9 cm³/mol. The van der Waals surface area contributed by atoms with Gasteiger partial charge in [-0.05, 0) is 18.6 Å². The zero-order valence-electron chi connectivity index (χ0n) is 10.0. The van der Waals surface area contributed by atoms with Crippen LogP contribution in [0.5, 0.6) is 0 Å². The number of hydrogen-bond acceptors (Lipinski definition) is 3. The fourth-order valence-electron chi connectivity index (χ4n) is 1.56. The molecule has 0 saturated carbocycles. The SMILES string of the molecule is CC(C)N[C@H](CCO)CSc1ccccc1. The van der Waals surface area contributed by atoms with Crippen molar-refractivity contribution in [2.24, 2.45) is 0 Å². The van der Waals surface area contributed by atoms with E-state index in [2.05, 4.69) is 43.4 Å². The van der Waals surface area contributed by atoms with Gasteiger partial charge in [0, 0.05) is 29.3 Å². The van der Waals surface area contributed by atoms with Crippen LogP contribution in [0.25, 0.3) is 0 Å². The van der Waals surface area contributed by atoms with Gasteiger partial charge < -0.3 is 10.4 Å². The first-order valence-corrected chi connectivity index (χ1v) is 6.75. The molecule has 0 aliphatic heterocycles. The van der Waals surface area contributed by atoms with Crippen molar-refractivity contribution in [2.75, 3.05) is 12.4 Å². The molecule has 0 heterocycles. The Balaban J connectivity index is 2.37. The number of aliphatic hydroxyl groups is 1. The molecule has 2 nitrogen and oxygen atoms in total. The van der Waals surface area contributed by atoms with Crippen LogP contribution in [0.2, 0.25) is 0 Å². The molecule has 1 rings (SSSR count). The lowest BCUT2D eigenvalue weighted by atomic mass is 10.2. The molecule has 3 heteroatoms. The van der Waals surface area contributed by atoms with Crippen LogP contribution in [0, 0.1) is 0 Å². The van der Waals surface area contributed by atoms with Crippen molar-refractivity contribution in [1.29, 1.82) is 0 Å². The Bertz CT molecular complexity index is 277. The van der Waals surface area contributed by atoms with Crippen LogP contribution in [0.15, 0.2) is 35.2 Å². The van der Waals surface area contributed by atoms with Gasteiger partial charge in [-0.2, -0.15) is 0 Å².